The maximum Gasteiger partial charge on any atom is 0.238 e. The van der Waals surface area contributed by atoms with Gasteiger partial charge in [-0.2, -0.15) is 9.97 Å². The third-order valence-electron chi connectivity index (χ3n) is 13.1. The van der Waals surface area contributed by atoms with Crippen molar-refractivity contribution in [2.75, 3.05) is 0 Å². The maximum absolute atomic E-state index is 8.85. The predicted octanol–water partition coefficient (Wildman–Crippen LogP) is 17.2. The van der Waals surface area contributed by atoms with Gasteiger partial charge in [0.05, 0.1) is 17.9 Å². The van der Waals surface area contributed by atoms with Crippen molar-refractivity contribution in [3.63, 3.8) is 0 Å². The third-order valence-corrected chi connectivity index (χ3v) is 14.3. The first-order valence-electron chi connectivity index (χ1n) is 25.3. The Labute approximate surface area is 407 Å². The van der Waals surface area contributed by atoms with Crippen LogP contribution in [0.2, 0.25) is 0 Å². The molecule has 0 atom stereocenters. The van der Waals surface area contributed by atoms with Crippen LogP contribution in [-0.2, 0) is 0 Å². The smallest absolute Gasteiger partial charge is 0.238 e. The summed E-state index contributed by atoms with van der Waals surface area (Å²) in [7, 11) is 0. The van der Waals surface area contributed by atoms with Gasteiger partial charge in [0.25, 0.3) is 0 Å². The van der Waals surface area contributed by atoms with Gasteiger partial charge in [-0.1, -0.05) is 170 Å². The predicted molar refractivity (Wildman–Crippen MR) is 287 cm³/mol. The third kappa shape index (κ3) is 6.56. The molecule has 0 N–H and O–H groups in total. The Morgan fingerprint density at radius 2 is 1.01 bits per heavy atom. The number of aromatic nitrogens is 4. The maximum atomic E-state index is 8.85. The summed E-state index contributed by atoms with van der Waals surface area (Å²) in [5.41, 5.74) is 11.3. The zero-order valence-corrected chi connectivity index (χ0v) is 37.5. The number of hydrogen-bond donors (Lipinski definition) is 0. The molecule has 14 rings (SSSR count). The van der Waals surface area contributed by atoms with Crippen LogP contribution in [0.4, 0.5) is 0 Å². The first kappa shape index (κ1) is 34.4. The second-order valence-corrected chi connectivity index (χ2v) is 18.3. The van der Waals surface area contributed by atoms with Crippen LogP contribution >= 0.6 is 11.3 Å². The van der Waals surface area contributed by atoms with E-state index in [2.05, 4.69) is 126 Å². The summed E-state index contributed by atoms with van der Waals surface area (Å²) in [5, 5.41) is 5.94. The number of rotatable bonds is 7. The highest BCUT2D eigenvalue weighted by Crippen LogP contribution is 2.45. The minimum Gasteiger partial charge on any atom is -0.456 e. The first-order valence-corrected chi connectivity index (χ1v) is 23.6. The minimum atomic E-state index is -0.442. The summed E-state index contributed by atoms with van der Waals surface area (Å²) in [6, 6.07) is 66.7. The standard InChI is InChI=1S/C63H38N4OS/c1-5-16-39(17-6-1)43-28-30-49-53(37-43)67(52-32-33-57-60(59(49)52)51-24-13-14-27-56(51)69-57)63-65-61(44-29-31-50-55(38-44)68-54-26-15-25-48(58(50)54)42-22-11-4-12-23-42)64-62(66-63)47-35-45(40-18-7-2-8-19-40)34-46(36-47)41-20-9-3-10-21-41/h1-38H/i4D,11D,12D,22D,23D. The van der Waals surface area contributed by atoms with E-state index in [-0.39, 0.29) is 17.6 Å². The van der Waals surface area contributed by atoms with Gasteiger partial charge in [-0.15, -0.1) is 11.3 Å². The lowest BCUT2D eigenvalue weighted by molar-refractivity contribution is 0.669. The van der Waals surface area contributed by atoms with Gasteiger partial charge in [0.2, 0.25) is 5.95 Å². The van der Waals surface area contributed by atoms with Crippen LogP contribution in [0, 0.1) is 0 Å². The van der Waals surface area contributed by atoms with E-state index in [4.69, 9.17) is 26.2 Å². The van der Waals surface area contributed by atoms with E-state index >= 15 is 0 Å². The molecule has 0 aliphatic heterocycles. The summed E-state index contributed by atoms with van der Waals surface area (Å²) < 4.78 is 54.0. The summed E-state index contributed by atoms with van der Waals surface area (Å²) >= 11 is 1.79. The molecule has 0 aliphatic rings. The average molecular weight is 904 g/mol. The van der Waals surface area contributed by atoms with Gasteiger partial charge in [0, 0.05) is 52.8 Å². The lowest BCUT2D eigenvalue weighted by Crippen LogP contribution is -2.06. The van der Waals surface area contributed by atoms with Gasteiger partial charge in [-0.3, -0.25) is 4.57 Å². The molecule has 0 spiro atoms. The molecule has 0 fully saturated rings. The normalized spacial score (nSPS) is 12.8. The molecule has 5 nitrogen and oxygen atoms in total. The van der Waals surface area contributed by atoms with Gasteiger partial charge >= 0.3 is 0 Å². The van der Waals surface area contributed by atoms with Gasteiger partial charge in [-0.25, -0.2) is 4.98 Å². The van der Waals surface area contributed by atoms with Crippen molar-refractivity contribution in [1.29, 1.82) is 0 Å². The van der Waals surface area contributed by atoms with Crippen molar-refractivity contribution in [3.05, 3.63) is 230 Å². The number of furan rings is 1. The second-order valence-electron chi connectivity index (χ2n) is 17.2. The van der Waals surface area contributed by atoms with Crippen molar-refractivity contribution in [2.24, 2.45) is 0 Å². The number of hydrogen-bond acceptors (Lipinski definition) is 5. The highest BCUT2D eigenvalue weighted by Gasteiger charge is 2.23. The van der Waals surface area contributed by atoms with E-state index in [9.17, 15) is 0 Å². The van der Waals surface area contributed by atoms with Crippen molar-refractivity contribution in [3.8, 4) is 73.2 Å². The molecule has 0 aliphatic carbocycles. The van der Waals surface area contributed by atoms with Gasteiger partial charge < -0.3 is 4.42 Å². The Balaban J connectivity index is 1.05. The highest BCUT2D eigenvalue weighted by molar-refractivity contribution is 7.26. The Kier molecular flexibility index (Phi) is 7.89. The Bertz CT molecular complexity index is 4520. The van der Waals surface area contributed by atoms with Crippen molar-refractivity contribution in [2.45, 2.75) is 0 Å². The zero-order valence-electron chi connectivity index (χ0n) is 41.7. The number of thiophene rings is 1. The number of fused-ring (bicyclic) bond motifs is 10. The largest absolute Gasteiger partial charge is 0.456 e. The quantitative estimate of drug-likeness (QED) is 0.160. The van der Waals surface area contributed by atoms with Crippen LogP contribution in [0.3, 0.4) is 0 Å². The number of benzene rings is 10. The van der Waals surface area contributed by atoms with E-state index in [1.54, 1.807) is 23.5 Å². The fraction of sp³-hybridized carbons (Fsp3) is 0. The van der Waals surface area contributed by atoms with E-state index in [0.717, 1.165) is 60.8 Å². The Morgan fingerprint density at radius 3 is 1.75 bits per heavy atom. The molecule has 0 radical (unpaired) electrons. The molecule has 14 aromatic rings. The lowest BCUT2D eigenvalue weighted by Gasteiger charge is -2.14. The van der Waals surface area contributed by atoms with Crippen LogP contribution < -0.4 is 0 Å². The molecule has 10 aromatic carbocycles. The van der Waals surface area contributed by atoms with E-state index < -0.39 is 18.1 Å². The van der Waals surface area contributed by atoms with Crippen molar-refractivity contribution < 1.29 is 11.3 Å². The molecular formula is C63H38N4OS. The van der Waals surface area contributed by atoms with E-state index in [1.807, 2.05) is 66.7 Å². The van der Waals surface area contributed by atoms with Gasteiger partial charge in [-0.05, 0) is 105 Å². The van der Waals surface area contributed by atoms with Gasteiger partial charge in [0.1, 0.15) is 11.2 Å². The Morgan fingerprint density at radius 1 is 0.377 bits per heavy atom. The average Bonchev–Trinajstić information content (AvgIpc) is 4.20. The van der Waals surface area contributed by atoms with Crippen molar-refractivity contribution in [1.82, 2.24) is 19.5 Å². The molecule has 0 amide bonds. The fourth-order valence-corrected chi connectivity index (χ4v) is 11.1. The topological polar surface area (TPSA) is 56.7 Å². The first-order chi connectivity index (χ1) is 36.3. The molecule has 69 heavy (non-hydrogen) atoms. The molecule has 0 saturated heterocycles. The van der Waals surface area contributed by atoms with Crippen LogP contribution in [0.5, 0.6) is 0 Å². The molecule has 0 unspecified atom stereocenters. The summed E-state index contributed by atoms with van der Waals surface area (Å²) in [6.45, 7) is 0. The molecule has 0 bridgehead atoms. The molecule has 6 heteroatoms. The van der Waals surface area contributed by atoms with Crippen LogP contribution in [0.25, 0.3) is 137 Å². The zero-order chi connectivity index (χ0) is 49.8. The summed E-state index contributed by atoms with van der Waals surface area (Å²) in [4.78, 5) is 16.3. The van der Waals surface area contributed by atoms with Crippen LogP contribution in [-0.4, -0.2) is 19.5 Å². The molecular weight excluding hydrogens is 861 g/mol. The van der Waals surface area contributed by atoms with E-state index in [0.29, 0.717) is 50.7 Å². The summed E-state index contributed by atoms with van der Waals surface area (Å²) in [6.07, 6.45) is 0. The van der Waals surface area contributed by atoms with Gasteiger partial charge in [0.15, 0.2) is 11.6 Å². The van der Waals surface area contributed by atoms with Crippen molar-refractivity contribution >= 4 is 75.3 Å². The fourth-order valence-electron chi connectivity index (χ4n) is 9.98. The van der Waals surface area contributed by atoms with E-state index in [1.165, 1.54) is 20.2 Å². The molecule has 322 valence electrons. The SMILES string of the molecule is [2H]c1c([2H])c([2H])c(-c2cccc3oc4cc(-c5nc(-c6cc(-c7ccccc7)cc(-c7ccccc7)c6)nc(-n6c7cc(-c8ccccc8)ccc7c7c8c(ccc76)sc6ccccc68)n5)ccc4c23)c([2H])c1[2H]. The molecule has 4 heterocycles. The van der Waals surface area contributed by atoms with Crippen LogP contribution in [0.1, 0.15) is 6.85 Å². The summed E-state index contributed by atoms with van der Waals surface area (Å²) in [5.74, 6) is 1.33. The minimum absolute atomic E-state index is 0.113. The van der Waals surface area contributed by atoms with Crippen LogP contribution in [0.15, 0.2) is 235 Å². The second kappa shape index (κ2) is 15.8. The lowest BCUT2D eigenvalue weighted by atomic mass is 9.96. The molecule has 0 saturated carbocycles. The highest BCUT2D eigenvalue weighted by atomic mass is 32.1. The number of nitrogens with zero attached hydrogens (tertiary/aromatic N) is 4. The monoisotopic (exact) mass is 903 g/mol. The molecule has 4 aromatic heterocycles. The Hall–Kier alpha value is -8.97.